The summed E-state index contributed by atoms with van der Waals surface area (Å²) < 4.78 is 5.24. The summed E-state index contributed by atoms with van der Waals surface area (Å²) in [6.07, 6.45) is 9.99. The molecule has 0 saturated heterocycles. The number of carbonyl (C=O) groups excluding carboxylic acids is 1. The number of carbonyl (C=O) groups is 2. The Morgan fingerprint density at radius 2 is 1.96 bits per heavy atom. The van der Waals surface area contributed by atoms with Gasteiger partial charge in [0.1, 0.15) is 6.61 Å². The van der Waals surface area contributed by atoms with Crippen LogP contribution >= 0.6 is 0 Å². The molecule has 0 aromatic heterocycles. The number of hydrogen-bond acceptors (Lipinski definition) is 3. The Bertz CT molecular complexity index is 656. The third-order valence-electron chi connectivity index (χ3n) is 7.22. The topological polar surface area (TPSA) is 63.6 Å². The Balaban J connectivity index is 2.12. The molecule has 3 atom stereocenters. The van der Waals surface area contributed by atoms with E-state index >= 15 is 0 Å². The number of carboxylic acid groups (broad SMARTS) is 1. The zero-order valence-corrected chi connectivity index (χ0v) is 18.5. The van der Waals surface area contributed by atoms with Gasteiger partial charge in [-0.25, -0.2) is 4.79 Å². The Morgan fingerprint density at radius 1 is 1.29 bits per heavy atom. The highest BCUT2D eigenvalue weighted by atomic mass is 16.5. The van der Waals surface area contributed by atoms with Crippen LogP contribution in [0.1, 0.15) is 80.1 Å². The normalized spacial score (nSPS) is 29.8. The van der Waals surface area contributed by atoms with Gasteiger partial charge in [0, 0.05) is 5.57 Å². The molecule has 4 heteroatoms. The zero-order valence-electron chi connectivity index (χ0n) is 18.5. The summed E-state index contributed by atoms with van der Waals surface area (Å²) in [7, 11) is 0. The molecule has 0 spiro atoms. The molecule has 0 heterocycles. The van der Waals surface area contributed by atoms with E-state index in [9.17, 15) is 14.7 Å². The van der Waals surface area contributed by atoms with Crippen molar-refractivity contribution in [2.24, 2.45) is 28.6 Å². The Morgan fingerprint density at radius 3 is 2.57 bits per heavy atom. The Hall–Kier alpha value is -1.58. The molecule has 28 heavy (non-hydrogen) atoms. The molecule has 0 unspecified atom stereocenters. The molecule has 0 aliphatic heterocycles. The van der Waals surface area contributed by atoms with E-state index in [1.165, 1.54) is 12.8 Å². The van der Waals surface area contributed by atoms with Gasteiger partial charge in [0.05, 0.1) is 5.92 Å². The smallest absolute Gasteiger partial charge is 0.331 e. The van der Waals surface area contributed by atoms with E-state index < -0.39 is 5.97 Å². The van der Waals surface area contributed by atoms with Crippen LogP contribution in [0.25, 0.3) is 0 Å². The summed E-state index contributed by atoms with van der Waals surface area (Å²) >= 11 is 0. The highest BCUT2D eigenvalue weighted by Crippen LogP contribution is 2.60. The van der Waals surface area contributed by atoms with Crippen LogP contribution in [-0.2, 0) is 14.3 Å². The van der Waals surface area contributed by atoms with Crippen LogP contribution in [0.5, 0.6) is 0 Å². The minimum absolute atomic E-state index is 0.0363. The van der Waals surface area contributed by atoms with Gasteiger partial charge in [-0.2, -0.15) is 0 Å². The van der Waals surface area contributed by atoms with Gasteiger partial charge >= 0.3 is 11.9 Å². The molecule has 0 bridgehead atoms. The third-order valence-corrected chi connectivity index (χ3v) is 7.22. The summed E-state index contributed by atoms with van der Waals surface area (Å²) in [5.74, 6) is -0.471. The molecule has 2 aliphatic rings. The lowest BCUT2D eigenvalue weighted by molar-refractivity contribution is -0.146. The predicted molar refractivity (Wildman–Crippen MR) is 112 cm³/mol. The minimum Gasteiger partial charge on any atom is -0.478 e. The summed E-state index contributed by atoms with van der Waals surface area (Å²) in [6, 6.07) is 0. The van der Waals surface area contributed by atoms with Crippen LogP contribution in [0.15, 0.2) is 23.3 Å². The fourth-order valence-electron chi connectivity index (χ4n) is 5.54. The number of allylic oxidation sites excluding steroid dienone is 2. The number of rotatable bonds is 7. The third kappa shape index (κ3) is 4.87. The van der Waals surface area contributed by atoms with Crippen molar-refractivity contribution in [3.63, 3.8) is 0 Å². The summed E-state index contributed by atoms with van der Waals surface area (Å²) in [6.45, 7) is 13.0. The van der Waals surface area contributed by atoms with Gasteiger partial charge in [-0.05, 0) is 67.8 Å². The SMILES string of the molecule is C/C(=C\COC(=O)C(C)C)CC[C@H]1C(C(=O)O)=CC[C@H]2C(C)(C)CCC[C@]12C. The molecular formula is C24H38O4. The van der Waals surface area contributed by atoms with E-state index in [2.05, 4.69) is 20.8 Å². The van der Waals surface area contributed by atoms with Gasteiger partial charge in [0.2, 0.25) is 0 Å². The van der Waals surface area contributed by atoms with E-state index in [1.807, 2.05) is 32.9 Å². The average molecular weight is 391 g/mol. The van der Waals surface area contributed by atoms with Crippen molar-refractivity contribution in [3.05, 3.63) is 23.3 Å². The van der Waals surface area contributed by atoms with Crippen molar-refractivity contribution < 1.29 is 19.4 Å². The highest BCUT2D eigenvalue weighted by molar-refractivity contribution is 5.87. The quantitative estimate of drug-likeness (QED) is 0.442. The number of hydrogen-bond donors (Lipinski definition) is 1. The van der Waals surface area contributed by atoms with E-state index in [1.54, 1.807) is 0 Å². The number of ether oxygens (including phenoxy) is 1. The molecule has 1 N–H and O–H groups in total. The van der Waals surface area contributed by atoms with Crippen LogP contribution in [-0.4, -0.2) is 23.7 Å². The second kappa shape index (κ2) is 8.84. The lowest BCUT2D eigenvalue weighted by Gasteiger charge is -2.56. The van der Waals surface area contributed by atoms with Crippen molar-refractivity contribution in [1.82, 2.24) is 0 Å². The molecule has 0 aromatic carbocycles. The maximum absolute atomic E-state index is 12.0. The van der Waals surface area contributed by atoms with E-state index in [0.717, 1.165) is 31.3 Å². The van der Waals surface area contributed by atoms with Gasteiger partial charge in [0.25, 0.3) is 0 Å². The van der Waals surface area contributed by atoms with Gasteiger partial charge in [-0.15, -0.1) is 0 Å². The first kappa shape index (κ1) is 22.7. The Labute approximate surface area is 170 Å². The van der Waals surface area contributed by atoms with Gasteiger partial charge in [-0.3, -0.25) is 4.79 Å². The largest absolute Gasteiger partial charge is 0.478 e. The van der Waals surface area contributed by atoms with Crippen LogP contribution < -0.4 is 0 Å². The summed E-state index contributed by atoms with van der Waals surface area (Å²) in [4.78, 5) is 23.5. The first-order chi connectivity index (χ1) is 13.0. The van der Waals surface area contributed by atoms with Crippen LogP contribution in [0, 0.1) is 28.6 Å². The molecule has 158 valence electrons. The van der Waals surface area contributed by atoms with Gasteiger partial charge < -0.3 is 9.84 Å². The molecular weight excluding hydrogens is 352 g/mol. The molecule has 1 saturated carbocycles. The first-order valence-electron chi connectivity index (χ1n) is 10.7. The maximum atomic E-state index is 12.0. The molecule has 0 aromatic rings. The van der Waals surface area contributed by atoms with Crippen LogP contribution in [0.3, 0.4) is 0 Å². The monoisotopic (exact) mass is 390 g/mol. The highest BCUT2D eigenvalue weighted by Gasteiger charge is 2.53. The molecule has 2 aliphatic carbocycles. The van der Waals surface area contributed by atoms with Crippen molar-refractivity contribution in [2.45, 2.75) is 80.1 Å². The molecule has 2 rings (SSSR count). The maximum Gasteiger partial charge on any atom is 0.331 e. The van der Waals surface area contributed by atoms with E-state index in [-0.39, 0.29) is 28.6 Å². The molecule has 4 nitrogen and oxygen atoms in total. The fraction of sp³-hybridized carbons (Fsp3) is 0.750. The first-order valence-corrected chi connectivity index (χ1v) is 10.7. The van der Waals surface area contributed by atoms with Crippen molar-refractivity contribution in [1.29, 1.82) is 0 Å². The van der Waals surface area contributed by atoms with Crippen molar-refractivity contribution >= 4 is 11.9 Å². The Kier molecular flexibility index (Phi) is 7.17. The number of esters is 1. The fourth-order valence-corrected chi connectivity index (χ4v) is 5.54. The summed E-state index contributed by atoms with van der Waals surface area (Å²) in [5, 5.41) is 9.82. The number of aliphatic carboxylic acids is 1. The summed E-state index contributed by atoms with van der Waals surface area (Å²) in [5.41, 5.74) is 2.05. The van der Waals surface area contributed by atoms with Gasteiger partial charge in [-0.1, -0.05) is 52.7 Å². The minimum atomic E-state index is -0.763. The van der Waals surface area contributed by atoms with Crippen LogP contribution in [0.2, 0.25) is 0 Å². The lowest BCUT2D eigenvalue weighted by Crippen LogP contribution is -2.49. The molecule has 0 amide bonds. The van der Waals surface area contributed by atoms with Crippen molar-refractivity contribution in [2.75, 3.05) is 6.61 Å². The molecule has 0 radical (unpaired) electrons. The van der Waals surface area contributed by atoms with Gasteiger partial charge in [0.15, 0.2) is 0 Å². The second-order valence-corrected chi connectivity index (χ2v) is 10.0. The van der Waals surface area contributed by atoms with Crippen LogP contribution in [0.4, 0.5) is 0 Å². The van der Waals surface area contributed by atoms with E-state index in [4.69, 9.17) is 4.74 Å². The average Bonchev–Trinajstić information content (AvgIpc) is 2.58. The molecule has 1 fully saturated rings. The predicted octanol–water partition coefficient (Wildman–Crippen LogP) is 5.78. The van der Waals surface area contributed by atoms with E-state index in [0.29, 0.717) is 18.1 Å². The number of carboxylic acids is 1. The second-order valence-electron chi connectivity index (χ2n) is 10.0. The zero-order chi connectivity index (χ0) is 21.1. The number of fused-ring (bicyclic) bond motifs is 1. The lowest BCUT2D eigenvalue weighted by atomic mass is 9.48. The standard InChI is InChI=1S/C24H38O4/c1-16(2)22(27)28-15-12-17(3)8-10-19-18(21(25)26)9-11-20-23(4,5)13-7-14-24(19,20)6/h9,12,16,19-20H,7-8,10-11,13-15H2,1-6H3,(H,25,26)/b17-12+/t19-,20-,24+/m0/s1. The van der Waals surface area contributed by atoms with Crippen molar-refractivity contribution in [3.8, 4) is 0 Å².